The van der Waals surface area contributed by atoms with Gasteiger partial charge in [0.05, 0.1) is 6.10 Å². The predicted octanol–water partition coefficient (Wildman–Crippen LogP) is 3.23. The van der Waals surface area contributed by atoms with Crippen molar-refractivity contribution in [2.24, 2.45) is 0 Å². The lowest BCUT2D eigenvalue weighted by atomic mass is 10.3. The molecule has 0 N–H and O–H groups in total. The summed E-state index contributed by atoms with van der Waals surface area (Å²) in [7, 11) is 0. The first-order valence-corrected chi connectivity index (χ1v) is 7.28. The normalized spacial score (nSPS) is 15.1. The monoisotopic (exact) mass is 298 g/mol. The fourth-order valence-corrected chi connectivity index (χ4v) is 2.26. The molecule has 1 aromatic heterocycles. The van der Waals surface area contributed by atoms with E-state index in [9.17, 15) is 0 Å². The van der Waals surface area contributed by atoms with Gasteiger partial charge in [-0.1, -0.05) is 15.9 Å². The highest BCUT2D eigenvalue weighted by Gasteiger charge is 2.31. The molecule has 1 aliphatic carbocycles. The molecule has 0 atom stereocenters. The SMILES string of the molecule is CC(C)Oc1cccnc1N(CCBr)C1CC1. The maximum Gasteiger partial charge on any atom is 0.171 e. The van der Waals surface area contributed by atoms with Crippen LogP contribution < -0.4 is 9.64 Å². The molecule has 0 aliphatic heterocycles. The summed E-state index contributed by atoms with van der Waals surface area (Å²) in [4.78, 5) is 6.85. The minimum atomic E-state index is 0.183. The number of hydrogen-bond acceptors (Lipinski definition) is 3. The molecule has 17 heavy (non-hydrogen) atoms. The summed E-state index contributed by atoms with van der Waals surface area (Å²) >= 11 is 3.51. The zero-order valence-electron chi connectivity index (χ0n) is 10.4. The molecule has 4 heteroatoms. The Morgan fingerprint density at radius 1 is 1.53 bits per heavy atom. The van der Waals surface area contributed by atoms with Gasteiger partial charge in [0.1, 0.15) is 0 Å². The van der Waals surface area contributed by atoms with Gasteiger partial charge >= 0.3 is 0 Å². The number of aromatic nitrogens is 1. The van der Waals surface area contributed by atoms with Gasteiger partial charge in [0.2, 0.25) is 0 Å². The van der Waals surface area contributed by atoms with E-state index in [1.54, 1.807) is 0 Å². The van der Waals surface area contributed by atoms with Crippen molar-refractivity contribution >= 4 is 21.7 Å². The lowest BCUT2D eigenvalue weighted by Crippen LogP contribution is -2.29. The van der Waals surface area contributed by atoms with Crippen LogP contribution in [0.2, 0.25) is 0 Å². The summed E-state index contributed by atoms with van der Waals surface area (Å²) in [5, 5.41) is 0.960. The van der Waals surface area contributed by atoms with Gasteiger partial charge in [-0.25, -0.2) is 4.98 Å². The van der Waals surface area contributed by atoms with Crippen LogP contribution in [0.5, 0.6) is 5.75 Å². The number of pyridine rings is 1. The zero-order valence-corrected chi connectivity index (χ0v) is 12.0. The Kier molecular flexibility index (Phi) is 4.26. The van der Waals surface area contributed by atoms with E-state index >= 15 is 0 Å². The second-order valence-corrected chi connectivity index (χ2v) is 5.40. The Morgan fingerprint density at radius 2 is 2.29 bits per heavy atom. The molecule has 1 aliphatic rings. The van der Waals surface area contributed by atoms with Crippen molar-refractivity contribution in [3.05, 3.63) is 18.3 Å². The number of anilines is 1. The fourth-order valence-electron chi connectivity index (χ4n) is 1.88. The van der Waals surface area contributed by atoms with E-state index in [2.05, 4.69) is 25.8 Å². The first kappa shape index (κ1) is 12.7. The predicted molar refractivity (Wildman–Crippen MR) is 74.2 cm³/mol. The lowest BCUT2D eigenvalue weighted by molar-refractivity contribution is 0.242. The molecule has 1 fully saturated rings. The van der Waals surface area contributed by atoms with Gasteiger partial charge in [0.15, 0.2) is 11.6 Å². The number of alkyl halides is 1. The Balaban J connectivity index is 2.21. The van der Waals surface area contributed by atoms with Crippen molar-refractivity contribution in [2.75, 3.05) is 16.8 Å². The second kappa shape index (κ2) is 5.71. The van der Waals surface area contributed by atoms with Crippen LogP contribution in [0.4, 0.5) is 5.82 Å². The van der Waals surface area contributed by atoms with Gasteiger partial charge in [0, 0.05) is 24.1 Å². The van der Waals surface area contributed by atoms with Crippen LogP contribution in [0, 0.1) is 0 Å². The highest BCUT2D eigenvalue weighted by Crippen LogP contribution is 2.35. The first-order valence-electron chi connectivity index (χ1n) is 6.16. The first-order chi connectivity index (χ1) is 8.22. The summed E-state index contributed by atoms with van der Waals surface area (Å²) in [5.41, 5.74) is 0. The zero-order chi connectivity index (χ0) is 12.3. The van der Waals surface area contributed by atoms with Gasteiger partial charge in [-0.05, 0) is 38.8 Å². The van der Waals surface area contributed by atoms with E-state index in [1.165, 1.54) is 12.8 Å². The van der Waals surface area contributed by atoms with Crippen LogP contribution in [-0.2, 0) is 0 Å². The summed E-state index contributed by atoms with van der Waals surface area (Å²) in [5.74, 6) is 1.89. The summed E-state index contributed by atoms with van der Waals surface area (Å²) in [6.45, 7) is 5.07. The van der Waals surface area contributed by atoms with Gasteiger partial charge in [-0.15, -0.1) is 0 Å². The molecule has 0 spiro atoms. The Hall–Kier alpha value is -0.770. The van der Waals surface area contributed by atoms with Gasteiger partial charge in [-0.3, -0.25) is 0 Å². The summed E-state index contributed by atoms with van der Waals surface area (Å²) < 4.78 is 5.83. The highest BCUT2D eigenvalue weighted by molar-refractivity contribution is 9.09. The number of hydrogen-bond donors (Lipinski definition) is 0. The van der Waals surface area contributed by atoms with E-state index < -0.39 is 0 Å². The van der Waals surface area contributed by atoms with Gasteiger partial charge in [0.25, 0.3) is 0 Å². The van der Waals surface area contributed by atoms with Crippen LogP contribution in [0.15, 0.2) is 18.3 Å². The van der Waals surface area contributed by atoms with Crippen LogP contribution in [0.3, 0.4) is 0 Å². The third kappa shape index (κ3) is 3.35. The van der Waals surface area contributed by atoms with Crippen molar-refractivity contribution in [1.82, 2.24) is 4.98 Å². The van der Waals surface area contributed by atoms with Gasteiger partial charge < -0.3 is 9.64 Å². The Morgan fingerprint density at radius 3 is 2.88 bits per heavy atom. The molecule has 1 heterocycles. The van der Waals surface area contributed by atoms with Crippen molar-refractivity contribution < 1.29 is 4.74 Å². The van der Waals surface area contributed by atoms with Gasteiger partial charge in [-0.2, -0.15) is 0 Å². The highest BCUT2D eigenvalue weighted by atomic mass is 79.9. The molecule has 0 radical (unpaired) electrons. The molecule has 0 amide bonds. The van der Waals surface area contributed by atoms with Crippen molar-refractivity contribution in [3.63, 3.8) is 0 Å². The van der Waals surface area contributed by atoms with E-state index in [0.717, 1.165) is 23.4 Å². The van der Waals surface area contributed by atoms with Crippen LogP contribution >= 0.6 is 15.9 Å². The molecule has 3 nitrogen and oxygen atoms in total. The molecule has 1 saturated carbocycles. The smallest absolute Gasteiger partial charge is 0.171 e. The molecule has 0 unspecified atom stereocenters. The maximum atomic E-state index is 5.83. The average molecular weight is 299 g/mol. The lowest BCUT2D eigenvalue weighted by Gasteiger charge is -2.25. The fraction of sp³-hybridized carbons (Fsp3) is 0.615. The molecule has 94 valence electrons. The summed E-state index contributed by atoms with van der Waals surface area (Å²) in [6.07, 6.45) is 4.56. The third-order valence-electron chi connectivity index (χ3n) is 2.70. The van der Waals surface area contributed by atoms with E-state index in [1.807, 2.05) is 32.2 Å². The third-order valence-corrected chi connectivity index (χ3v) is 3.05. The Labute approximate surface area is 111 Å². The molecule has 0 saturated heterocycles. The largest absolute Gasteiger partial charge is 0.487 e. The van der Waals surface area contributed by atoms with Crippen LogP contribution in [0.1, 0.15) is 26.7 Å². The molecule has 0 aromatic carbocycles. The molecule has 1 aromatic rings. The van der Waals surface area contributed by atoms with E-state index in [-0.39, 0.29) is 6.10 Å². The number of ether oxygens (including phenoxy) is 1. The molecular formula is C13H19BrN2O. The van der Waals surface area contributed by atoms with Crippen LogP contribution in [-0.4, -0.2) is 29.0 Å². The minimum absolute atomic E-state index is 0.183. The maximum absolute atomic E-state index is 5.83. The number of nitrogens with zero attached hydrogens (tertiary/aromatic N) is 2. The Bertz CT molecular complexity index is 366. The molecule has 0 bridgehead atoms. The minimum Gasteiger partial charge on any atom is -0.487 e. The van der Waals surface area contributed by atoms with Crippen molar-refractivity contribution in [2.45, 2.75) is 38.8 Å². The number of rotatable bonds is 6. The van der Waals surface area contributed by atoms with Crippen molar-refractivity contribution in [1.29, 1.82) is 0 Å². The van der Waals surface area contributed by atoms with E-state index in [0.29, 0.717) is 6.04 Å². The van der Waals surface area contributed by atoms with Crippen molar-refractivity contribution in [3.8, 4) is 5.75 Å². The second-order valence-electron chi connectivity index (χ2n) is 4.61. The topological polar surface area (TPSA) is 25.4 Å². The number of halogens is 1. The quantitative estimate of drug-likeness (QED) is 0.754. The molecule has 2 rings (SSSR count). The van der Waals surface area contributed by atoms with E-state index in [4.69, 9.17) is 4.74 Å². The standard InChI is InChI=1S/C13H19BrN2O/c1-10(2)17-12-4-3-8-15-13(12)16(9-7-14)11-5-6-11/h3-4,8,10-11H,5-7,9H2,1-2H3. The average Bonchev–Trinajstić information content (AvgIpc) is 3.10. The summed E-state index contributed by atoms with van der Waals surface area (Å²) in [6, 6.07) is 4.59. The van der Waals surface area contributed by atoms with Crippen LogP contribution in [0.25, 0.3) is 0 Å². The molecular weight excluding hydrogens is 280 g/mol.